The monoisotopic (exact) mass is 369 g/mol. The molecule has 27 heavy (non-hydrogen) atoms. The van der Waals surface area contributed by atoms with E-state index in [9.17, 15) is 9.59 Å². The SMILES string of the molecule is Cc1cccc(C)c1NC(=O)[C@H](C)OC(=O)c1ccc(OCC(C)C)cc1. The van der Waals surface area contributed by atoms with Gasteiger partial charge in [0, 0.05) is 5.69 Å². The Morgan fingerprint density at radius 1 is 0.963 bits per heavy atom. The molecule has 0 fully saturated rings. The normalized spacial score (nSPS) is 11.8. The van der Waals surface area contributed by atoms with Gasteiger partial charge in [0.15, 0.2) is 6.10 Å². The van der Waals surface area contributed by atoms with Gasteiger partial charge in [0.25, 0.3) is 5.91 Å². The van der Waals surface area contributed by atoms with Gasteiger partial charge in [0.1, 0.15) is 5.75 Å². The van der Waals surface area contributed by atoms with E-state index in [1.165, 1.54) is 0 Å². The maximum atomic E-state index is 12.4. The van der Waals surface area contributed by atoms with Gasteiger partial charge < -0.3 is 14.8 Å². The molecule has 1 N–H and O–H groups in total. The first-order valence-electron chi connectivity index (χ1n) is 9.09. The highest BCUT2D eigenvalue weighted by Gasteiger charge is 2.20. The van der Waals surface area contributed by atoms with Crippen molar-refractivity contribution in [3.8, 4) is 5.75 Å². The molecule has 0 radical (unpaired) electrons. The molecule has 0 bridgehead atoms. The Labute approximate surface area is 160 Å². The van der Waals surface area contributed by atoms with Crippen LogP contribution in [-0.4, -0.2) is 24.6 Å². The van der Waals surface area contributed by atoms with E-state index in [0.717, 1.165) is 16.8 Å². The minimum Gasteiger partial charge on any atom is -0.493 e. The highest BCUT2D eigenvalue weighted by atomic mass is 16.5. The smallest absolute Gasteiger partial charge is 0.338 e. The van der Waals surface area contributed by atoms with Crippen molar-refractivity contribution < 1.29 is 19.1 Å². The number of ether oxygens (including phenoxy) is 2. The predicted molar refractivity (Wildman–Crippen MR) is 106 cm³/mol. The molecule has 1 atom stereocenters. The second-order valence-electron chi connectivity index (χ2n) is 7.03. The fourth-order valence-electron chi connectivity index (χ4n) is 2.47. The topological polar surface area (TPSA) is 64.6 Å². The van der Waals surface area contributed by atoms with Crippen LogP contribution >= 0.6 is 0 Å². The highest BCUT2D eigenvalue weighted by molar-refractivity contribution is 5.98. The Balaban J connectivity index is 1.95. The van der Waals surface area contributed by atoms with Crippen molar-refractivity contribution in [3.63, 3.8) is 0 Å². The second kappa shape index (κ2) is 9.21. The Hall–Kier alpha value is -2.82. The molecule has 2 aromatic carbocycles. The van der Waals surface area contributed by atoms with Gasteiger partial charge in [0.2, 0.25) is 0 Å². The maximum absolute atomic E-state index is 12.4. The zero-order valence-corrected chi connectivity index (χ0v) is 16.5. The molecule has 0 unspecified atom stereocenters. The van der Waals surface area contributed by atoms with Gasteiger partial charge in [-0.25, -0.2) is 4.79 Å². The molecule has 0 heterocycles. The number of hydrogen-bond donors (Lipinski definition) is 1. The molecule has 0 aliphatic rings. The Bertz CT molecular complexity index is 776. The summed E-state index contributed by atoms with van der Waals surface area (Å²) < 4.78 is 10.9. The van der Waals surface area contributed by atoms with Crippen LogP contribution in [0.25, 0.3) is 0 Å². The lowest BCUT2D eigenvalue weighted by Gasteiger charge is -2.16. The van der Waals surface area contributed by atoms with Gasteiger partial charge in [-0.15, -0.1) is 0 Å². The largest absolute Gasteiger partial charge is 0.493 e. The summed E-state index contributed by atoms with van der Waals surface area (Å²) in [6.45, 7) is 10.1. The molecule has 0 aliphatic carbocycles. The first kappa shape index (κ1) is 20.5. The number of aryl methyl sites for hydroxylation is 2. The van der Waals surface area contributed by atoms with Crippen LogP contribution in [0.1, 0.15) is 42.3 Å². The number of carbonyl (C=O) groups excluding carboxylic acids is 2. The Kier molecular flexibility index (Phi) is 6.99. The van der Waals surface area contributed by atoms with Gasteiger partial charge in [-0.05, 0) is 62.1 Å². The third kappa shape index (κ3) is 5.84. The van der Waals surface area contributed by atoms with E-state index in [-0.39, 0.29) is 5.91 Å². The van der Waals surface area contributed by atoms with Crippen LogP contribution in [0, 0.1) is 19.8 Å². The first-order chi connectivity index (χ1) is 12.8. The quantitative estimate of drug-likeness (QED) is 0.729. The van der Waals surface area contributed by atoms with Crippen LogP contribution in [0.2, 0.25) is 0 Å². The van der Waals surface area contributed by atoms with Crippen molar-refractivity contribution in [1.29, 1.82) is 0 Å². The standard InChI is InChI=1S/C22H27NO4/c1-14(2)13-26-19-11-9-18(10-12-19)22(25)27-17(5)21(24)23-20-15(3)7-6-8-16(20)4/h6-12,14,17H,13H2,1-5H3,(H,23,24)/t17-/m0/s1. The van der Waals surface area contributed by atoms with Crippen molar-refractivity contribution in [1.82, 2.24) is 0 Å². The van der Waals surface area contributed by atoms with E-state index in [4.69, 9.17) is 9.47 Å². The summed E-state index contributed by atoms with van der Waals surface area (Å²) in [4.78, 5) is 24.7. The fraction of sp³-hybridized carbons (Fsp3) is 0.364. The van der Waals surface area contributed by atoms with E-state index >= 15 is 0 Å². The first-order valence-corrected chi connectivity index (χ1v) is 9.09. The third-order valence-corrected chi connectivity index (χ3v) is 4.06. The van der Waals surface area contributed by atoms with Gasteiger partial charge >= 0.3 is 5.97 Å². The fourth-order valence-corrected chi connectivity index (χ4v) is 2.47. The zero-order chi connectivity index (χ0) is 20.0. The summed E-state index contributed by atoms with van der Waals surface area (Å²) in [5.74, 6) is 0.208. The van der Waals surface area contributed by atoms with Crippen molar-refractivity contribution >= 4 is 17.6 Å². The van der Waals surface area contributed by atoms with Crippen LogP contribution in [0.15, 0.2) is 42.5 Å². The molecule has 0 spiro atoms. The molecule has 1 amide bonds. The van der Waals surface area contributed by atoms with Crippen LogP contribution in [-0.2, 0) is 9.53 Å². The number of anilines is 1. The van der Waals surface area contributed by atoms with Crippen molar-refractivity contribution in [3.05, 3.63) is 59.2 Å². The van der Waals surface area contributed by atoms with Gasteiger partial charge in [-0.1, -0.05) is 32.0 Å². The number of carbonyl (C=O) groups is 2. The predicted octanol–water partition coefficient (Wildman–Crippen LogP) is 4.52. The van der Waals surface area contributed by atoms with E-state index in [2.05, 4.69) is 19.2 Å². The van der Waals surface area contributed by atoms with E-state index in [1.54, 1.807) is 31.2 Å². The number of para-hydroxylation sites is 1. The van der Waals surface area contributed by atoms with Crippen LogP contribution in [0.3, 0.4) is 0 Å². The molecular weight excluding hydrogens is 342 g/mol. The lowest BCUT2D eigenvalue weighted by Crippen LogP contribution is -2.30. The minimum absolute atomic E-state index is 0.363. The summed E-state index contributed by atoms with van der Waals surface area (Å²) >= 11 is 0. The van der Waals surface area contributed by atoms with Gasteiger partial charge in [-0.2, -0.15) is 0 Å². The number of hydrogen-bond acceptors (Lipinski definition) is 4. The number of nitrogens with one attached hydrogen (secondary N) is 1. The Morgan fingerprint density at radius 2 is 1.56 bits per heavy atom. The van der Waals surface area contributed by atoms with Crippen molar-refractivity contribution in [2.24, 2.45) is 5.92 Å². The summed E-state index contributed by atoms with van der Waals surface area (Å²) in [7, 11) is 0. The molecule has 0 aliphatic heterocycles. The number of esters is 1. The number of amides is 1. The molecule has 0 aromatic heterocycles. The van der Waals surface area contributed by atoms with E-state index < -0.39 is 12.1 Å². The van der Waals surface area contributed by atoms with Crippen LogP contribution < -0.4 is 10.1 Å². The summed E-state index contributed by atoms with van der Waals surface area (Å²) in [5, 5.41) is 2.84. The summed E-state index contributed by atoms with van der Waals surface area (Å²) in [5.41, 5.74) is 3.04. The molecule has 2 aromatic rings. The van der Waals surface area contributed by atoms with Crippen molar-refractivity contribution in [2.75, 3.05) is 11.9 Å². The lowest BCUT2D eigenvalue weighted by atomic mass is 10.1. The second-order valence-corrected chi connectivity index (χ2v) is 7.03. The minimum atomic E-state index is -0.909. The van der Waals surface area contributed by atoms with Crippen LogP contribution in [0.4, 0.5) is 5.69 Å². The molecular formula is C22H27NO4. The maximum Gasteiger partial charge on any atom is 0.338 e. The van der Waals surface area contributed by atoms with Gasteiger partial charge in [0.05, 0.1) is 12.2 Å². The summed E-state index contributed by atoms with van der Waals surface area (Å²) in [6.07, 6.45) is -0.909. The molecule has 5 nitrogen and oxygen atoms in total. The number of benzene rings is 2. The lowest BCUT2D eigenvalue weighted by molar-refractivity contribution is -0.123. The molecule has 5 heteroatoms. The number of rotatable bonds is 7. The highest BCUT2D eigenvalue weighted by Crippen LogP contribution is 2.20. The Morgan fingerprint density at radius 3 is 2.11 bits per heavy atom. The zero-order valence-electron chi connectivity index (χ0n) is 16.5. The summed E-state index contributed by atoms with van der Waals surface area (Å²) in [6, 6.07) is 12.5. The van der Waals surface area contributed by atoms with Crippen LogP contribution in [0.5, 0.6) is 5.75 Å². The molecule has 2 rings (SSSR count). The molecule has 0 saturated carbocycles. The third-order valence-electron chi connectivity index (χ3n) is 4.06. The molecule has 144 valence electrons. The van der Waals surface area contributed by atoms with E-state index in [1.807, 2.05) is 32.0 Å². The average Bonchev–Trinajstić information content (AvgIpc) is 2.63. The van der Waals surface area contributed by atoms with E-state index in [0.29, 0.717) is 23.8 Å². The average molecular weight is 369 g/mol. The van der Waals surface area contributed by atoms with Gasteiger partial charge in [-0.3, -0.25) is 4.79 Å². The van der Waals surface area contributed by atoms with Crippen molar-refractivity contribution in [2.45, 2.75) is 40.7 Å². The molecule has 0 saturated heterocycles.